The molecule has 1 saturated carbocycles. The topological polar surface area (TPSA) is 95.9 Å². The van der Waals surface area contributed by atoms with Crippen LogP contribution in [0.3, 0.4) is 0 Å². The Labute approximate surface area is 124 Å². The van der Waals surface area contributed by atoms with Gasteiger partial charge in [0.25, 0.3) is 0 Å². The quantitative estimate of drug-likeness (QED) is 0.692. The Bertz CT molecular complexity index is 404. The first-order valence-corrected chi connectivity index (χ1v) is 7.26. The number of urea groups is 1. The first kappa shape index (κ1) is 17.3. The summed E-state index contributed by atoms with van der Waals surface area (Å²) in [5.74, 6) is -1.40. The molecule has 0 aromatic rings. The summed E-state index contributed by atoms with van der Waals surface area (Å²) in [4.78, 5) is 36.2. The summed E-state index contributed by atoms with van der Waals surface area (Å²) < 4.78 is 4.85. The third-order valence-electron chi connectivity index (χ3n) is 3.66. The van der Waals surface area contributed by atoms with E-state index in [0.717, 1.165) is 6.42 Å². The molecule has 0 spiro atoms. The van der Waals surface area contributed by atoms with E-state index in [9.17, 15) is 14.4 Å². The van der Waals surface area contributed by atoms with Gasteiger partial charge in [0.1, 0.15) is 6.54 Å². The van der Waals surface area contributed by atoms with Crippen LogP contribution < -0.4 is 5.32 Å². The van der Waals surface area contributed by atoms with Gasteiger partial charge in [0.15, 0.2) is 0 Å². The summed E-state index contributed by atoms with van der Waals surface area (Å²) in [5.41, 5.74) is -0.676. The number of carbonyl (C=O) groups is 3. The van der Waals surface area contributed by atoms with Gasteiger partial charge < -0.3 is 20.1 Å². The Morgan fingerprint density at radius 1 is 1.33 bits per heavy atom. The molecule has 1 fully saturated rings. The van der Waals surface area contributed by atoms with Gasteiger partial charge in [0.2, 0.25) is 0 Å². The fraction of sp³-hybridized carbons (Fsp3) is 0.786. The molecule has 7 heteroatoms. The lowest BCUT2D eigenvalue weighted by molar-refractivity contribution is -0.144. The molecule has 0 aliphatic heterocycles. The molecule has 1 rings (SSSR count). The van der Waals surface area contributed by atoms with Gasteiger partial charge in [-0.25, -0.2) is 4.79 Å². The van der Waals surface area contributed by atoms with Crippen molar-refractivity contribution in [1.82, 2.24) is 10.2 Å². The summed E-state index contributed by atoms with van der Waals surface area (Å²) in [6.07, 6.45) is 2.10. The van der Waals surface area contributed by atoms with Crippen molar-refractivity contribution in [3.63, 3.8) is 0 Å². The maximum Gasteiger partial charge on any atom is 0.325 e. The van der Waals surface area contributed by atoms with Gasteiger partial charge in [-0.15, -0.1) is 0 Å². The third kappa shape index (κ3) is 4.91. The molecule has 0 aromatic carbocycles. The zero-order valence-electron chi connectivity index (χ0n) is 12.8. The largest absolute Gasteiger partial charge is 0.481 e. The summed E-state index contributed by atoms with van der Waals surface area (Å²) in [6.45, 7) is 5.41. The predicted molar refractivity (Wildman–Crippen MR) is 75.8 cm³/mol. The lowest BCUT2D eigenvalue weighted by Crippen LogP contribution is -2.59. The van der Waals surface area contributed by atoms with E-state index in [4.69, 9.17) is 9.84 Å². The fourth-order valence-electron chi connectivity index (χ4n) is 2.37. The summed E-state index contributed by atoms with van der Waals surface area (Å²) in [5, 5.41) is 11.7. The van der Waals surface area contributed by atoms with Crippen LogP contribution >= 0.6 is 0 Å². The van der Waals surface area contributed by atoms with Gasteiger partial charge in [0, 0.05) is 6.04 Å². The summed E-state index contributed by atoms with van der Waals surface area (Å²) >= 11 is 0. The fourth-order valence-corrected chi connectivity index (χ4v) is 2.37. The van der Waals surface area contributed by atoms with Crippen molar-refractivity contribution in [3.05, 3.63) is 0 Å². The molecular formula is C14H24N2O5. The molecule has 120 valence electrons. The van der Waals surface area contributed by atoms with E-state index in [2.05, 4.69) is 5.32 Å². The monoisotopic (exact) mass is 300 g/mol. The number of hydrogen-bond acceptors (Lipinski definition) is 4. The molecule has 0 atom stereocenters. The molecule has 0 saturated heterocycles. The highest BCUT2D eigenvalue weighted by molar-refractivity contribution is 5.82. The Morgan fingerprint density at radius 3 is 2.33 bits per heavy atom. The average molecular weight is 300 g/mol. The van der Waals surface area contributed by atoms with Gasteiger partial charge in [-0.05, 0) is 40.0 Å². The minimum Gasteiger partial charge on any atom is -0.481 e. The summed E-state index contributed by atoms with van der Waals surface area (Å²) in [6, 6.07) is -0.602. The predicted octanol–water partition coefficient (Wildman–Crippen LogP) is 1.37. The van der Waals surface area contributed by atoms with Gasteiger partial charge >= 0.3 is 18.0 Å². The molecule has 0 radical (unpaired) electrons. The van der Waals surface area contributed by atoms with E-state index in [1.807, 2.05) is 0 Å². The molecule has 2 amide bonds. The lowest BCUT2D eigenvalue weighted by atomic mass is 9.74. The van der Waals surface area contributed by atoms with Crippen molar-refractivity contribution < 1.29 is 24.2 Å². The van der Waals surface area contributed by atoms with Gasteiger partial charge in [0.05, 0.1) is 18.6 Å². The molecule has 1 aliphatic rings. The minimum absolute atomic E-state index is 0.0932. The number of nitrogens with zero attached hydrogens (tertiary/aromatic N) is 1. The van der Waals surface area contributed by atoms with Crippen molar-refractivity contribution in [1.29, 1.82) is 0 Å². The van der Waals surface area contributed by atoms with Crippen molar-refractivity contribution in [2.45, 2.75) is 58.0 Å². The molecular weight excluding hydrogens is 276 g/mol. The second kappa shape index (κ2) is 7.28. The molecule has 0 bridgehead atoms. The standard InChI is InChI=1S/C14H24N2O5/c1-4-21-12(19)9-16(10(2)3)13(20)15-14(6-5-7-14)8-11(17)18/h10H,4-9H2,1-3H3,(H,15,20)(H,17,18). The zero-order valence-corrected chi connectivity index (χ0v) is 12.8. The number of hydrogen-bond donors (Lipinski definition) is 2. The lowest BCUT2D eigenvalue weighted by Gasteiger charge is -2.43. The number of carboxylic acids is 1. The smallest absolute Gasteiger partial charge is 0.325 e. The number of rotatable bonds is 7. The maximum absolute atomic E-state index is 12.3. The van der Waals surface area contributed by atoms with E-state index in [1.54, 1.807) is 20.8 Å². The van der Waals surface area contributed by atoms with Crippen LogP contribution in [0.2, 0.25) is 0 Å². The first-order chi connectivity index (χ1) is 9.79. The van der Waals surface area contributed by atoms with Crippen LogP contribution in [-0.4, -0.2) is 52.7 Å². The van der Waals surface area contributed by atoms with Crippen LogP contribution in [-0.2, 0) is 14.3 Å². The highest BCUT2D eigenvalue weighted by Crippen LogP contribution is 2.35. The average Bonchev–Trinajstić information content (AvgIpc) is 2.32. The highest BCUT2D eigenvalue weighted by atomic mass is 16.5. The number of amides is 2. The molecule has 0 unspecified atom stereocenters. The second-order valence-corrected chi connectivity index (χ2v) is 5.66. The van der Waals surface area contributed by atoms with E-state index in [0.29, 0.717) is 12.8 Å². The second-order valence-electron chi connectivity index (χ2n) is 5.66. The van der Waals surface area contributed by atoms with Crippen molar-refractivity contribution in [2.75, 3.05) is 13.2 Å². The Kier molecular flexibility index (Phi) is 5.99. The summed E-state index contributed by atoms with van der Waals surface area (Å²) in [7, 11) is 0. The van der Waals surface area contributed by atoms with Gasteiger partial charge in [-0.3, -0.25) is 9.59 Å². The van der Waals surface area contributed by atoms with Gasteiger partial charge in [-0.2, -0.15) is 0 Å². The molecule has 2 N–H and O–H groups in total. The minimum atomic E-state index is -0.934. The molecule has 1 aliphatic carbocycles. The van der Waals surface area contributed by atoms with Crippen LogP contribution in [0.4, 0.5) is 4.79 Å². The number of esters is 1. The normalized spacial score (nSPS) is 16.0. The van der Waals surface area contributed by atoms with E-state index >= 15 is 0 Å². The number of nitrogens with one attached hydrogen (secondary N) is 1. The van der Waals surface area contributed by atoms with Crippen molar-refractivity contribution in [2.24, 2.45) is 0 Å². The third-order valence-corrected chi connectivity index (χ3v) is 3.66. The number of aliphatic carboxylic acids is 1. The maximum atomic E-state index is 12.3. The van der Waals surface area contributed by atoms with E-state index in [1.165, 1.54) is 4.90 Å². The van der Waals surface area contributed by atoms with Crippen molar-refractivity contribution in [3.8, 4) is 0 Å². The SMILES string of the molecule is CCOC(=O)CN(C(=O)NC1(CC(=O)O)CCC1)C(C)C. The van der Waals surface area contributed by atoms with Crippen LogP contribution in [0.1, 0.15) is 46.5 Å². The molecule has 21 heavy (non-hydrogen) atoms. The molecule has 7 nitrogen and oxygen atoms in total. The van der Waals surface area contributed by atoms with Crippen LogP contribution in [0.15, 0.2) is 0 Å². The number of carbonyl (C=O) groups excluding carboxylic acids is 2. The first-order valence-electron chi connectivity index (χ1n) is 7.26. The number of carboxylic acid groups (broad SMARTS) is 1. The Morgan fingerprint density at radius 2 is 1.95 bits per heavy atom. The van der Waals surface area contributed by atoms with E-state index < -0.39 is 23.5 Å². The highest BCUT2D eigenvalue weighted by Gasteiger charge is 2.41. The van der Waals surface area contributed by atoms with E-state index in [-0.39, 0.29) is 25.6 Å². The zero-order chi connectivity index (χ0) is 16.0. The van der Waals surface area contributed by atoms with Crippen LogP contribution in [0.5, 0.6) is 0 Å². The van der Waals surface area contributed by atoms with Crippen molar-refractivity contribution >= 4 is 18.0 Å². The van der Waals surface area contributed by atoms with Gasteiger partial charge in [-0.1, -0.05) is 0 Å². The van der Waals surface area contributed by atoms with Crippen LogP contribution in [0.25, 0.3) is 0 Å². The Balaban J connectivity index is 2.68. The molecule has 0 aromatic heterocycles. The Hall–Kier alpha value is -1.79. The molecule has 0 heterocycles. The van der Waals surface area contributed by atoms with Crippen LogP contribution in [0, 0.1) is 0 Å². The number of ether oxygens (including phenoxy) is 1.